The quantitative estimate of drug-likeness (QED) is 0.599. The van der Waals surface area contributed by atoms with Gasteiger partial charge in [-0.15, -0.1) is 0 Å². The van der Waals surface area contributed by atoms with Crippen molar-refractivity contribution in [1.82, 2.24) is 0 Å². The molecule has 1 unspecified atom stereocenters. The molecule has 4 rings (SSSR count). The molecule has 4 nitrogen and oxygen atoms in total. The molecule has 118 valence electrons. The van der Waals surface area contributed by atoms with Crippen molar-refractivity contribution in [2.45, 2.75) is 38.7 Å². The van der Waals surface area contributed by atoms with Gasteiger partial charge in [-0.1, -0.05) is 11.8 Å². The second kappa shape index (κ2) is 5.43. The molecule has 4 heteroatoms. The van der Waals surface area contributed by atoms with Gasteiger partial charge in [0.15, 0.2) is 0 Å². The molecule has 23 heavy (non-hydrogen) atoms. The van der Waals surface area contributed by atoms with E-state index >= 15 is 0 Å². The van der Waals surface area contributed by atoms with Gasteiger partial charge in [0.2, 0.25) is 0 Å². The summed E-state index contributed by atoms with van der Waals surface area (Å²) in [5.41, 5.74) is 4.71. The number of fused-ring (bicyclic) bond motifs is 2. The topological polar surface area (TPSA) is 53.7 Å². The molecule has 0 radical (unpaired) electrons. The van der Waals surface area contributed by atoms with Crippen LogP contribution >= 0.6 is 0 Å². The SMILES string of the molecule is CC(O)C#Cc1cc(=O)oc2c3c4c(cc12)CCCN4CCC3. The number of aryl methyl sites for hydroxylation is 2. The third-order valence-corrected chi connectivity index (χ3v) is 4.64. The van der Waals surface area contributed by atoms with Gasteiger partial charge in [-0.3, -0.25) is 0 Å². The molecule has 3 heterocycles. The molecule has 1 aromatic carbocycles. The van der Waals surface area contributed by atoms with Crippen molar-refractivity contribution >= 4 is 16.7 Å². The Labute approximate surface area is 134 Å². The molecular weight excluding hydrogens is 290 g/mol. The summed E-state index contributed by atoms with van der Waals surface area (Å²) < 4.78 is 5.57. The van der Waals surface area contributed by atoms with Crippen molar-refractivity contribution in [3.8, 4) is 11.8 Å². The van der Waals surface area contributed by atoms with E-state index in [-0.39, 0.29) is 5.63 Å². The summed E-state index contributed by atoms with van der Waals surface area (Å²) in [5, 5.41) is 10.3. The number of rotatable bonds is 0. The zero-order chi connectivity index (χ0) is 16.0. The third kappa shape index (κ3) is 2.42. The molecule has 0 aliphatic carbocycles. The van der Waals surface area contributed by atoms with Crippen LogP contribution in [-0.2, 0) is 12.8 Å². The minimum Gasteiger partial charge on any atom is -0.422 e. The van der Waals surface area contributed by atoms with Gasteiger partial charge in [-0.05, 0) is 44.2 Å². The van der Waals surface area contributed by atoms with Gasteiger partial charge in [-0.2, -0.15) is 0 Å². The number of nitrogens with zero attached hydrogens (tertiary/aromatic N) is 1. The van der Waals surface area contributed by atoms with Gasteiger partial charge < -0.3 is 14.4 Å². The Kier molecular flexibility index (Phi) is 3.39. The smallest absolute Gasteiger partial charge is 0.337 e. The monoisotopic (exact) mass is 309 g/mol. The Morgan fingerprint density at radius 1 is 1.26 bits per heavy atom. The summed E-state index contributed by atoms with van der Waals surface area (Å²) in [6.07, 6.45) is 3.51. The van der Waals surface area contributed by atoms with Crippen LogP contribution in [0.3, 0.4) is 0 Å². The highest BCUT2D eigenvalue weighted by atomic mass is 16.4. The predicted molar refractivity (Wildman–Crippen MR) is 89.9 cm³/mol. The van der Waals surface area contributed by atoms with Crippen molar-refractivity contribution in [1.29, 1.82) is 0 Å². The Balaban J connectivity index is 2.04. The first-order valence-electron chi connectivity index (χ1n) is 8.20. The second-order valence-corrected chi connectivity index (χ2v) is 6.36. The molecule has 1 atom stereocenters. The molecule has 0 fully saturated rings. The molecule has 2 aliphatic rings. The predicted octanol–water partition coefficient (Wildman–Crippen LogP) is 2.22. The van der Waals surface area contributed by atoms with Gasteiger partial charge >= 0.3 is 5.63 Å². The third-order valence-electron chi connectivity index (χ3n) is 4.64. The lowest BCUT2D eigenvalue weighted by molar-refractivity contribution is 0.253. The van der Waals surface area contributed by atoms with E-state index in [2.05, 4.69) is 22.8 Å². The van der Waals surface area contributed by atoms with Crippen molar-refractivity contribution in [3.63, 3.8) is 0 Å². The summed E-state index contributed by atoms with van der Waals surface area (Å²) in [4.78, 5) is 14.4. The van der Waals surface area contributed by atoms with Crippen LogP contribution in [0, 0.1) is 11.8 Å². The zero-order valence-corrected chi connectivity index (χ0v) is 13.2. The van der Waals surface area contributed by atoms with Crippen molar-refractivity contribution in [2.75, 3.05) is 18.0 Å². The largest absolute Gasteiger partial charge is 0.422 e. The summed E-state index contributed by atoms with van der Waals surface area (Å²) in [5.74, 6) is 5.68. The fourth-order valence-corrected chi connectivity index (χ4v) is 3.76. The van der Waals surface area contributed by atoms with E-state index in [1.807, 2.05) is 0 Å². The van der Waals surface area contributed by atoms with Crippen LogP contribution in [-0.4, -0.2) is 24.3 Å². The van der Waals surface area contributed by atoms with E-state index in [1.165, 1.54) is 17.3 Å². The molecule has 0 amide bonds. The first kappa shape index (κ1) is 14.3. The van der Waals surface area contributed by atoms with E-state index < -0.39 is 6.10 Å². The molecule has 0 saturated carbocycles. The maximum atomic E-state index is 12.0. The molecule has 0 bridgehead atoms. The minimum atomic E-state index is -0.719. The Morgan fingerprint density at radius 2 is 2.04 bits per heavy atom. The van der Waals surface area contributed by atoms with Gasteiger partial charge in [0.1, 0.15) is 11.7 Å². The second-order valence-electron chi connectivity index (χ2n) is 6.36. The summed E-state index contributed by atoms with van der Waals surface area (Å²) in [6.45, 7) is 3.78. The highest BCUT2D eigenvalue weighted by Gasteiger charge is 2.27. The fraction of sp³-hybridized carbons (Fsp3) is 0.421. The number of benzene rings is 1. The molecule has 0 spiro atoms. The lowest BCUT2D eigenvalue weighted by atomic mass is 9.89. The normalized spacial score (nSPS) is 17.4. The average Bonchev–Trinajstić information content (AvgIpc) is 2.54. The first-order valence-corrected chi connectivity index (χ1v) is 8.20. The van der Waals surface area contributed by atoms with Crippen LogP contribution in [0.2, 0.25) is 0 Å². The van der Waals surface area contributed by atoms with Gasteiger partial charge in [0.05, 0.1) is 0 Å². The average molecular weight is 309 g/mol. The van der Waals surface area contributed by atoms with Crippen LogP contribution < -0.4 is 10.5 Å². The molecule has 1 N–H and O–H groups in total. The van der Waals surface area contributed by atoms with Gasteiger partial charge in [-0.25, -0.2) is 4.79 Å². The van der Waals surface area contributed by atoms with Gasteiger partial charge in [0, 0.05) is 41.4 Å². The van der Waals surface area contributed by atoms with E-state index in [0.29, 0.717) is 11.1 Å². The fourth-order valence-electron chi connectivity index (χ4n) is 3.76. The van der Waals surface area contributed by atoms with Crippen molar-refractivity contribution in [3.05, 3.63) is 39.2 Å². The van der Waals surface area contributed by atoms with Crippen LogP contribution in [0.5, 0.6) is 0 Å². The van der Waals surface area contributed by atoms with Crippen LogP contribution in [0.15, 0.2) is 21.3 Å². The van der Waals surface area contributed by atoms with E-state index in [4.69, 9.17) is 4.42 Å². The van der Waals surface area contributed by atoms with E-state index in [0.717, 1.165) is 49.7 Å². The maximum Gasteiger partial charge on any atom is 0.337 e. The highest BCUT2D eigenvalue weighted by Crippen LogP contribution is 2.40. The summed E-state index contributed by atoms with van der Waals surface area (Å²) in [7, 11) is 0. The number of hydrogen-bond donors (Lipinski definition) is 1. The van der Waals surface area contributed by atoms with Crippen LogP contribution in [0.4, 0.5) is 5.69 Å². The zero-order valence-electron chi connectivity index (χ0n) is 13.2. The van der Waals surface area contributed by atoms with Crippen molar-refractivity contribution < 1.29 is 9.52 Å². The standard InChI is InChI=1S/C19H19NO3/c1-12(21)6-7-13-11-17(22)23-19-15-5-3-9-20-8-2-4-14(18(15)20)10-16(13)19/h10-12,21H,2-5,8-9H2,1H3. The molecule has 2 aromatic rings. The Morgan fingerprint density at radius 3 is 2.83 bits per heavy atom. The molecule has 0 saturated heterocycles. The Hall–Kier alpha value is -2.25. The number of anilines is 1. The summed E-state index contributed by atoms with van der Waals surface area (Å²) in [6, 6.07) is 3.56. The van der Waals surface area contributed by atoms with Gasteiger partial charge in [0.25, 0.3) is 0 Å². The van der Waals surface area contributed by atoms with Crippen molar-refractivity contribution in [2.24, 2.45) is 0 Å². The lowest BCUT2D eigenvalue weighted by Gasteiger charge is -2.37. The number of hydrogen-bond acceptors (Lipinski definition) is 4. The summed E-state index contributed by atoms with van der Waals surface area (Å²) >= 11 is 0. The number of aliphatic hydroxyl groups excluding tert-OH is 1. The molecule has 2 aliphatic heterocycles. The molecular formula is C19H19NO3. The maximum absolute atomic E-state index is 12.0. The lowest BCUT2D eigenvalue weighted by Crippen LogP contribution is -2.34. The molecule has 1 aromatic heterocycles. The van der Waals surface area contributed by atoms with Crippen LogP contribution in [0.25, 0.3) is 11.0 Å². The minimum absolute atomic E-state index is 0.378. The number of aliphatic hydroxyl groups is 1. The van der Waals surface area contributed by atoms with Crippen LogP contribution in [0.1, 0.15) is 36.5 Å². The van der Waals surface area contributed by atoms with E-state index in [1.54, 1.807) is 6.92 Å². The highest BCUT2D eigenvalue weighted by molar-refractivity contribution is 5.92. The Bertz CT molecular complexity index is 897. The first-order chi connectivity index (χ1) is 11.1. The van der Waals surface area contributed by atoms with E-state index in [9.17, 15) is 9.90 Å².